The van der Waals surface area contributed by atoms with Crippen molar-refractivity contribution in [3.63, 3.8) is 0 Å². The van der Waals surface area contributed by atoms with Gasteiger partial charge in [0.15, 0.2) is 0 Å². The first-order valence-corrected chi connectivity index (χ1v) is 7.14. The van der Waals surface area contributed by atoms with Crippen molar-refractivity contribution in [2.24, 2.45) is 0 Å². The normalized spacial score (nSPS) is 10.7. The van der Waals surface area contributed by atoms with E-state index in [-0.39, 0.29) is 5.91 Å². The molecule has 1 amide bonds. The van der Waals surface area contributed by atoms with E-state index in [2.05, 4.69) is 22.1 Å². The fraction of sp³-hybridized carbons (Fsp3) is 0.600. The van der Waals surface area contributed by atoms with Crippen LogP contribution >= 0.6 is 0 Å². The number of hydrogen-bond donors (Lipinski definition) is 1. The van der Waals surface area contributed by atoms with Crippen LogP contribution in [0.15, 0.2) is 18.3 Å². The molecule has 0 fully saturated rings. The summed E-state index contributed by atoms with van der Waals surface area (Å²) in [6, 6.07) is 3.59. The Morgan fingerprint density at radius 1 is 1.30 bits per heavy atom. The number of aromatic nitrogens is 1. The minimum Gasteiger partial charge on any atom is -0.369 e. The predicted octanol–water partition coefficient (Wildman–Crippen LogP) is 1.93. The monoisotopic (exact) mass is 278 g/mol. The Hall–Kier alpha value is -1.62. The molecule has 0 atom stereocenters. The number of carbonyl (C=O) groups is 1. The van der Waals surface area contributed by atoms with E-state index in [1.54, 1.807) is 17.2 Å². The van der Waals surface area contributed by atoms with Crippen LogP contribution in [0, 0.1) is 0 Å². The standard InChI is InChI=1S/C15H26N4O/c1-5-6-10-19(4)15(20)13-7-8-16-14(12-13)17-9-11-18(2)3/h7-8,12H,5-6,9-11H2,1-4H3,(H,16,17). The smallest absolute Gasteiger partial charge is 0.253 e. The lowest BCUT2D eigenvalue weighted by Gasteiger charge is -2.17. The maximum absolute atomic E-state index is 12.2. The van der Waals surface area contributed by atoms with E-state index in [1.165, 1.54) is 0 Å². The number of likely N-dealkylation sites (N-methyl/N-ethyl adjacent to an activating group) is 1. The van der Waals surface area contributed by atoms with Crippen molar-refractivity contribution in [2.45, 2.75) is 19.8 Å². The number of pyridine rings is 1. The van der Waals surface area contributed by atoms with Crippen LogP contribution in [0.4, 0.5) is 5.82 Å². The van der Waals surface area contributed by atoms with Gasteiger partial charge in [0, 0.05) is 38.4 Å². The molecule has 0 bridgehead atoms. The summed E-state index contributed by atoms with van der Waals surface area (Å²) >= 11 is 0. The van der Waals surface area contributed by atoms with Crippen molar-refractivity contribution in [3.8, 4) is 0 Å². The molecular weight excluding hydrogens is 252 g/mol. The molecule has 0 radical (unpaired) electrons. The van der Waals surface area contributed by atoms with Gasteiger partial charge in [-0.2, -0.15) is 0 Å². The van der Waals surface area contributed by atoms with E-state index < -0.39 is 0 Å². The number of nitrogens with zero attached hydrogens (tertiary/aromatic N) is 3. The Kier molecular flexibility index (Phi) is 7.01. The van der Waals surface area contributed by atoms with Crippen LogP contribution in [0.1, 0.15) is 30.1 Å². The molecule has 1 heterocycles. The minimum atomic E-state index is 0.0523. The summed E-state index contributed by atoms with van der Waals surface area (Å²) in [7, 11) is 5.90. The van der Waals surface area contributed by atoms with Crippen LogP contribution in [0.25, 0.3) is 0 Å². The third-order valence-electron chi connectivity index (χ3n) is 3.07. The van der Waals surface area contributed by atoms with Gasteiger partial charge in [0.1, 0.15) is 5.82 Å². The zero-order valence-corrected chi connectivity index (χ0v) is 13.0. The number of anilines is 1. The number of unbranched alkanes of at least 4 members (excludes halogenated alkanes) is 1. The average Bonchev–Trinajstić information content (AvgIpc) is 2.44. The van der Waals surface area contributed by atoms with Gasteiger partial charge in [-0.3, -0.25) is 4.79 Å². The summed E-state index contributed by atoms with van der Waals surface area (Å²) in [5, 5.41) is 3.23. The summed E-state index contributed by atoms with van der Waals surface area (Å²) < 4.78 is 0. The lowest BCUT2D eigenvalue weighted by atomic mass is 10.2. The van der Waals surface area contributed by atoms with Crippen molar-refractivity contribution < 1.29 is 4.79 Å². The second-order valence-corrected chi connectivity index (χ2v) is 5.24. The first-order valence-electron chi connectivity index (χ1n) is 7.14. The van der Waals surface area contributed by atoms with E-state index in [1.807, 2.05) is 27.2 Å². The molecule has 0 saturated carbocycles. The van der Waals surface area contributed by atoms with Gasteiger partial charge in [0.05, 0.1) is 0 Å². The molecule has 0 aliphatic rings. The molecule has 1 N–H and O–H groups in total. The molecule has 0 aliphatic heterocycles. The third kappa shape index (κ3) is 5.57. The second kappa shape index (κ2) is 8.53. The van der Waals surface area contributed by atoms with Crippen molar-refractivity contribution in [1.82, 2.24) is 14.8 Å². The molecule has 0 saturated heterocycles. The molecule has 20 heavy (non-hydrogen) atoms. The molecule has 112 valence electrons. The van der Waals surface area contributed by atoms with Gasteiger partial charge in [-0.1, -0.05) is 13.3 Å². The topological polar surface area (TPSA) is 48.5 Å². The Labute approximate surface area is 122 Å². The zero-order chi connectivity index (χ0) is 15.0. The first-order chi connectivity index (χ1) is 9.54. The van der Waals surface area contributed by atoms with E-state index in [0.29, 0.717) is 5.56 Å². The highest BCUT2D eigenvalue weighted by molar-refractivity contribution is 5.94. The molecule has 1 rings (SSSR count). The predicted molar refractivity (Wildman–Crippen MR) is 83.1 cm³/mol. The van der Waals surface area contributed by atoms with Crippen LogP contribution in [-0.2, 0) is 0 Å². The van der Waals surface area contributed by atoms with E-state index in [0.717, 1.165) is 38.3 Å². The SMILES string of the molecule is CCCCN(C)C(=O)c1ccnc(NCCN(C)C)c1. The van der Waals surface area contributed by atoms with Crippen LogP contribution < -0.4 is 5.32 Å². The molecule has 1 aromatic heterocycles. The van der Waals surface area contributed by atoms with Gasteiger partial charge in [0.25, 0.3) is 5.91 Å². The molecule has 0 unspecified atom stereocenters. The van der Waals surface area contributed by atoms with Crippen molar-refractivity contribution >= 4 is 11.7 Å². The molecule has 5 nitrogen and oxygen atoms in total. The number of hydrogen-bond acceptors (Lipinski definition) is 4. The van der Waals surface area contributed by atoms with Crippen LogP contribution in [0.5, 0.6) is 0 Å². The van der Waals surface area contributed by atoms with Gasteiger partial charge in [-0.15, -0.1) is 0 Å². The Bertz CT molecular complexity index is 420. The van der Waals surface area contributed by atoms with Gasteiger partial charge in [-0.25, -0.2) is 4.98 Å². The molecule has 0 spiro atoms. The van der Waals surface area contributed by atoms with E-state index >= 15 is 0 Å². The molecule has 0 aromatic carbocycles. The van der Waals surface area contributed by atoms with Gasteiger partial charge >= 0.3 is 0 Å². The Balaban J connectivity index is 2.60. The fourth-order valence-electron chi connectivity index (χ4n) is 1.79. The Morgan fingerprint density at radius 3 is 2.70 bits per heavy atom. The maximum atomic E-state index is 12.2. The maximum Gasteiger partial charge on any atom is 0.253 e. The number of nitrogens with one attached hydrogen (secondary N) is 1. The zero-order valence-electron chi connectivity index (χ0n) is 13.0. The van der Waals surface area contributed by atoms with Gasteiger partial charge in [-0.05, 0) is 32.6 Å². The number of rotatable bonds is 8. The van der Waals surface area contributed by atoms with Crippen LogP contribution in [0.3, 0.4) is 0 Å². The highest BCUT2D eigenvalue weighted by atomic mass is 16.2. The lowest BCUT2D eigenvalue weighted by Crippen LogP contribution is -2.28. The highest BCUT2D eigenvalue weighted by Crippen LogP contribution is 2.09. The second-order valence-electron chi connectivity index (χ2n) is 5.24. The fourth-order valence-corrected chi connectivity index (χ4v) is 1.79. The largest absolute Gasteiger partial charge is 0.369 e. The van der Waals surface area contributed by atoms with E-state index in [9.17, 15) is 4.79 Å². The van der Waals surface area contributed by atoms with Crippen LogP contribution in [-0.4, -0.2) is 61.5 Å². The van der Waals surface area contributed by atoms with Crippen molar-refractivity contribution in [2.75, 3.05) is 46.1 Å². The average molecular weight is 278 g/mol. The summed E-state index contributed by atoms with van der Waals surface area (Å²) in [6.07, 6.45) is 3.80. The van der Waals surface area contributed by atoms with Crippen molar-refractivity contribution in [3.05, 3.63) is 23.9 Å². The number of amides is 1. The van der Waals surface area contributed by atoms with Gasteiger partial charge in [0.2, 0.25) is 0 Å². The summed E-state index contributed by atoms with van der Waals surface area (Å²) in [4.78, 5) is 20.4. The van der Waals surface area contributed by atoms with Crippen molar-refractivity contribution in [1.29, 1.82) is 0 Å². The summed E-state index contributed by atoms with van der Waals surface area (Å²) in [5.41, 5.74) is 0.686. The highest BCUT2D eigenvalue weighted by Gasteiger charge is 2.11. The van der Waals surface area contributed by atoms with Gasteiger partial charge < -0.3 is 15.1 Å². The molecule has 5 heteroatoms. The minimum absolute atomic E-state index is 0.0523. The third-order valence-corrected chi connectivity index (χ3v) is 3.07. The quantitative estimate of drug-likeness (QED) is 0.789. The lowest BCUT2D eigenvalue weighted by molar-refractivity contribution is 0.0793. The summed E-state index contributed by atoms with van der Waals surface area (Å²) in [6.45, 7) is 4.65. The Morgan fingerprint density at radius 2 is 2.05 bits per heavy atom. The molecular formula is C15H26N4O. The molecule has 1 aromatic rings. The molecule has 0 aliphatic carbocycles. The van der Waals surface area contributed by atoms with E-state index in [4.69, 9.17) is 0 Å². The van der Waals surface area contributed by atoms with Crippen LogP contribution in [0.2, 0.25) is 0 Å². The number of carbonyl (C=O) groups excluding carboxylic acids is 1. The first kappa shape index (κ1) is 16.4. The summed E-state index contributed by atoms with van der Waals surface area (Å²) in [5.74, 6) is 0.804.